The fourth-order valence-electron chi connectivity index (χ4n) is 3.31. The van der Waals surface area contributed by atoms with Gasteiger partial charge in [0.2, 0.25) is 0 Å². The Bertz CT molecular complexity index is 389. The molecule has 2 heteroatoms. The van der Waals surface area contributed by atoms with Gasteiger partial charge in [0, 0.05) is 12.6 Å². The van der Waals surface area contributed by atoms with Crippen molar-refractivity contribution in [3.05, 3.63) is 35.4 Å². The third kappa shape index (κ3) is 4.05. The molecule has 0 bridgehead atoms. The molecule has 0 saturated heterocycles. The highest BCUT2D eigenvalue weighted by Crippen LogP contribution is 2.28. The molecular weight excluding hydrogens is 232 g/mol. The molecule has 1 aromatic rings. The maximum Gasteiger partial charge on any atom is 0.0233 e. The van der Waals surface area contributed by atoms with E-state index in [1.807, 2.05) is 0 Å². The van der Waals surface area contributed by atoms with Crippen LogP contribution in [0.2, 0.25) is 0 Å². The van der Waals surface area contributed by atoms with Crippen LogP contribution in [0.1, 0.15) is 36.8 Å². The van der Waals surface area contributed by atoms with Gasteiger partial charge >= 0.3 is 0 Å². The molecule has 2 rings (SSSR count). The number of nitrogens with zero attached hydrogens (tertiary/aromatic N) is 1. The molecule has 19 heavy (non-hydrogen) atoms. The van der Waals surface area contributed by atoms with Gasteiger partial charge in [-0.2, -0.15) is 0 Å². The number of aryl methyl sites for hydroxylation is 1. The van der Waals surface area contributed by atoms with Crippen LogP contribution in [0.4, 0.5) is 0 Å². The minimum absolute atomic E-state index is 0.756. The van der Waals surface area contributed by atoms with Crippen molar-refractivity contribution < 1.29 is 0 Å². The SMILES string of the molecule is CNC1CCCC1CCN(C)Cc1ccccc1C. The third-order valence-electron chi connectivity index (χ3n) is 4.61. The van der Waals surface area contributed by atoms with Crippen molar-refractivity contribution in [1.29, 1.82) is 0 Å². The molecule has 0 aromatic heterocycles. The summed E-state index contributed by atoms with van der Waals surface area (Å²) in [5, 5.41) is 3.48. The van der Waals surface area contributed by atoms with Crippen molar-refractivity contribution in [3.8, 4) is 0 Å². The highest BCUT2D eigenvalue weighted by molar-refractivity contribution is 5.25. The summed E-state index contributed by atoms with van der Waals surface area (Å²) in [5.74, 6) is 0.879. The van der Waals surface area contributed by atoms with Gasteiger partial charge in [0.25, 0.3) is 0 Å². The highest BCUT2D eigenvalue weighted by Gasteiger charge is 2.25. The average molecular weight is 260 g/mol. The van der Waals surface area contributed by atoms with Gasteiger partial charge in [-0.3, -0.25) is 0 Å². The van der Waals surface area contributed by atoms with E-state index in [0.717, 1.165) is 18.5 Å². The second-order valence-corrected chi connectivity index (χ2v) is 6.04. The van der Waals surface area contributed by atoms with Crippen molar-refractivity contribution in [2.24, 2.45) is 5.92 Å². The van der Waals surface area contributed by atoms with E-state index in [0.29, 0.717) is 0 Å². The van der Waals surface area contributed by atoms with Crippen LogP contribution in [0.3, 0.4) is 0 Å². The minimum atomic E-state index is 0.756. The van der Waals surface area contributed by atoms with Crippen LogP contribution >= 0.6 is 0 Å². The predicted molar refractivity (Wildman–Crippen MR) is 82.3 cm³/mol. The van der Waals surface area contributed by atoms with E-state index in [4.69, 9.17) is 0 Å². The molecule has 0 aliphatic heterocycles. The summed E-state index contributed by atoms with van der Waals surface area (Å²) in [6.45, 7) is 4.48. The lowest BCUT2D eigenvalue weighted by atomic mass is 9.99. The first-order chi connectivity index (χ1) is 9.20. The summed E-state index contributed by atoms with van der Waals surface area (Å²) >= 11 is 0. The topological polar surface area (TPSA) is 15.3 Å². The second-order valence-electron chi connectivity index (χ2n) is 6.04. The Morgan fingerprint density at radius 3 is 2.79 bits per heavy atom. The second kappa shape index (κ2) is 7.06. The molecule has 0 spiro atoms. The van der Waals surface area contributed by atoms with E-state index >= 15 is 0 Å². The van der Waals surface area contributed by atoms with Crippen LogP contribution in [0.15, 0.2) is 24.3 Å². The quantitative estimate of drug-likeness (QED) is 0.845. The van der Waals surface area contributed by atoms with Gasteiger partial charge in [-0.15, -0.1) is 0 Å². The lowest BCUT2D eigenvalue weighted by molar-refractivity contribution is 0.278. The third-order valence-corrected chi connectivity index (χ3v) is 4.61. The normalized spacial score (nSPS) is 23.2. The molecule has 1 aliphatic rings. The van der Waals surface area contributed by atoms with Gasteiger partial charge in [0.15, 0.2) is 0 Å². The van der Waals surface area contributed by atoms with Crippen LogP contribution in [0, 0.1) is 12.8 Å². The number of benzene rings is 1. The molecule has 2 unspecified atom stereocenters. The Kier molecular flexibility index (Phi) is 5.41. The van der Waals surface area contributed by atoms with E-state index in [9.17, 15) is 0 Å². The standard InChI is InChI=1S/C17H28N2/c1-14-7-4-5-8-16(14)13-19(3)12-11-15-9-6-10-17(15)18-2/h4-5,7-8,15,17-18H,6,9-13H2,1-3H3. The van der Waals surface area contributed by atoms with Crippen LogP contribution < -0.4 is 5.32 Å². The van der Waals surface area contributed by atoms with Crippen molar-refractivity contribution in [2.75, 3.05) is 20.6 Å². The van der Waals surface area contributed by atoms with E-state index in [2.05, 4.69) is 55.5 Å². The molecule has 1 fully saturated rings. The van der Waals surface area contributed by atoms with Crippen molar-refractivity contribution >= 4 is 0 Å². The first kappa shape index (κ1) is 14.5. The molecule has 0 heterocycles. The van der Waals surface area contributed by atoms with Gasteiger partial charge in [-0.1, -0.05) is 30.7 Å². The Labute approximate surface area is 118 Å². The number of hydrogen-bond donors (Lipinski definition) is 1. The van der Waals surface area contributed by atoms with Crippen LogP contribution in [-0.4, -0.2) is 31.6 Å². The minimum Gasteiger partial charge on any atom is -0.317 e. The van der Waals surface area contributed by atoms with Gasteiger partial charge < -0.3 is 10.2 Å². The lowest BCUT2D eigenvalue weighted by Crippen LogP contribution is -2.31. The summed E-state index contributed by atoms with van der Waals surface area (Å²) in [5.41, 5.74) is 2.87. The molecular formula is C17H28N2. The zero-order chi connectivity index (χ0) is 13.7. The molecule has 1 aliphatic carbocycles. The maximum absolute atomic E-state index is 3.48. The highest BCUT2D eigenvalue weighted by atomic mass is 15.1. The first-order valence-corrected chi connectivity index (χ1v) is 7.61. The summed E-state index contributed by atoms with van der Waals surface area (Å²) < 4.78 is 0. The number of hydrogen-bond acceptors (Lipinski definition) is 2. The molecule has 1 saturated carbocycles. The van der Waals surface area contributed by atoms with Crippen LogP contribution in [0.5, 0.6) is 0 Å². The first-order valence-electron chi connectivity index (χ1n) is 7.61. The molecule has 2 nitrogen and oxygen atoms in total. The Morgan fingerprint density at radius 2 is 2.05 bits per heavy atom. The van der Waals surface area contributed by atoms with E-state index < -0.39 is 0 Å². The summed E-state index contributed by atoms with van der Waals surface area (Å²) in [6.07, 6.45) is 5.50. The van der Waals surface area contributed by atoms with Crippen LogP contribution in [0.25, 0.3) is 0 Å². The molecule has 0 amide bonds. The summed E-state index contributed by atoms with van der Waals surface area (Å²) in [4.78, 5) is 2.47. The summed E-state index contributed by atoms with van der Waals surface area (Å²) in [7, 11) is 4.36. The monoisotopic (exact) mass is 260 g/mol. The molecule has 0 radical (unpaired) electrons. The molecule has 1 aromatic carbocycles. The Hall–Kier alpha value is -0.860. The largest absolute Gasteiger partial charge is 0.317 e. The Balaban J connectivity index is 1.78. The van der Waals surface area contributed by atoms with E-state index in [1.54, 1.807) is 0 Å². The van der Waals surface area contributed by atoms with E-state index in [-0.39, 0.29) is 0 Å². The molecule has 1 N–H and O–H groups in total. The fourth-order valence-corrected chi connectivity index (χ4v) is 3.31. The zero-order valence-electron chi connectivity index (χ0n) is 12.7. The number of nitrogens with one attached hydrogen (secondary N) is 1. The molecule has 106 valence electrons. The number of rotatable bonds is 6. The Morgan fingerprint density at radius 1 is 1.26 bits per heavy atom. The predicted octanol–water partition coefficient (Wildman–Crippen LogP) is 3.21. The average Bonchev–Trinajstić information content (AvgIpc) is 2.86. The van der Waals surface area contributed by atoms with Gasteiger partial charge in [0.05, 0.1) is 0 Å². The molecule has 2 atom stereocenters. The smallest absolute Gasteiger partial charge is 0.0233 e. The fraction of sp³-hybridized carbons (Fsp3) is 0.647. The lowest BCUT2D eigenvalue weighted by Gasteiger charge is -2.23. The summed E-state index contributed by atoms with van der Waals surface area (Å²) in [6, 6.07) is 9.47. The van der Waals surface area contributed by atoms with Crippen LogP contribution in [-0.2, 0) is 6.54 Å². The van der Waals surface area contributed by atoms with Gasteiger partial charge in [-0.05, 0) is 63.9 Å². The van der Waals surface area contributed by atoms with E-state index in [1.165, 1.54) is 43.4 Å². The van der Waals surface area contributed by atoms with Crippen molar-refractivity contribution in [2.45, 2.75) is 45.2 Å². The van der Waals surface area contributed by atoms with Gasteiger partial charge in [0.1, 0.15) is 0 Å². The zero-order valence-corrected chi connectivity index (χ0v) is 12.7. The van der Waals surface area contributed by atoms with Gasteiger partial charge in [-0.25, -0.2) is 0 Å². The maximum atomic E-state index is 3.48. The van der Waals surface area contributed by atoms with Crippen molar-refractivity contribution in [3.63, 3.8) is 0 Å². The van der Waals surface area contributed by atoms with Crippen molar-refractivity contribution in [1.82, 2.24) is 10.2 Å².